The third-order valence-electron chi connectivity index (χ3n) is 4.00. The van der Waals surface area contributed by atoms with Crippen LogP contribution in [-0.2, 0) is 4.79 Å². The lowest BCUT2D eigenvalue weighted by molar-refractivity contribution is -0.134. The molecule has 0 N–H and O–H groups in total. The fourth-order valence-corrected chi connectivity index (χ4v) is 2.60. The number of aromatic nitrogens is 1. The fourth-order valence-electron chi connectivity index (χ4n) is 2.60. The summed E-state index contributed by atoms with van der Waals surface area (Å²) >= 11 is 0. The first-order chi connectivity index (χ1) is 10.2. The van der Waals surface area contributed by atoms with Gasteiger partial charge in [0.2, 0.25) is 11.8 Å². The van der Waals surface area contributed by atoms with Crippen LogP contribution in [0.15, 0.2) is 18.3 Å². The quantitative estimate of drug-likeness (QED) is 0.825. The molecule has 0 atom stereocenters. The normalized spacial score (nSPS) is 18.5. The van der Waals surface area contributed by atoms with Gasteiger partial charge >= 0.3 is 0 Å². The van der Waals surface area contributed by atoms with Crippen LogP contribution >= 0.6 is 0 Å². The predicted octanol–water partition coefficient (Wildman–Crippen LogP) is 0.785. The van der Waals surface area contributed by atoms with Crippen LogP contribution in [-0.4, -0.2) is 59.9 Å². The zero-order valence-corrected chi connectivity index (χ0v) is 12.1. The Hall–Kier alpha value is -2.11. The molecule has 0 spiro atoms. The van der Waals surface area contributed by atoms with Crippen LogP contribution in [0, 0.1) is 5.92 Å². The molecule has 1 aromatic heterocycles. The maximum atomic E-state index is 12.5. The van der Waals surface area contributed by atoms with Crippen LogP contribution in [0.25, 0.3) is 0 Å². The van der Waals surface area contributed by atoms with E-state index in [0.717, 1.165) is 12.8 Å². The van der Waals surface area contributed by atoms with E-state index in [1.165, 1.54) is 7.11 Å². The van der Waals surface area contributed by atoms with Gasteiger partial charge in [0.25, 0.3) is 5.91 Å². The molecular weight excluding hydrogens is 270 g/mol. The Labute approximate surface area is 123 Å². The van der Waals surface area contributed by atoms with Crippen molar-refractivity contribution in [3.8, 4) is 5.88 Å². The molecule has 0 bridgehead atoms. The van der Waals surface area contributed by atoms with E-state index >= 15 is 0 Å². The molecule has 21 heavy (non-hydrogen) atoms. The van der Waals surface area contributed by atoms with Crippen LogP contribution in [0.4, 0.5) is 0 Å². The van der Waals surface area contributed by atoms with Gasteiger partial charge in [-0.15, -0.1) is 0 Å². The Balaban J connectivity index is 1.63. The van der Waals surface area contributed by atoms with Gasteiger partial charge in [-0.3, -0.25) is 9.59 Å². The van der Waals surface area contributed by atoms with Crippen molar-refractivity contribution in [2.75, 3.05) is 33.3 Å². The molecule has 1 aliphatic heterocycles. The molecule has 1 aliphatic carbocycles. The van der Waals surface area contributed by atoms with Crippen LogP contribution < -0.4 is 4.74 Å². The second-order valence-electron chi connectivity index (χ2n) is 5.45. The second-order valence-corrected chi connectivity index (χ2v) is 5.45. The molecule has 2 heterocycles. The van der Waals surface area contributed by atoms with Gasteiger partial charge in [0.05, 0.1) is 7.11 Å². The lowest BCUT2D eigenvalue weighted by atomic mass is 10.2. The third kappa shape index (κ3) is 2.84. The van der Waals surface area contributed by atoms with E-state index in [1.54, 1.807) is 23.2 Å². The first-order valence-electron chi connectivity index (χ1n) is 7.28. The van der Waals surface area contributed by atoms with Crippen molar-refractivity contribution in [2.45, 2.75) is 12.8 Å². The minimum atomic E-state index is -0.0847. The van der Waals surface area contributed by atoms with Gasteiger partial charge in [0.1, 0.15) is 5.56 Å². The molecule has 1 aromatic rings. The average Bonchev–Trinajstić information content (AvgIpc) is 3.38. The van der Waals surface area contributed by atoms with Crippen molar-refractivity contribution < 1.29 is 14.3 Å². The first-order valence-corrected chi connectivity index (χ1v) is 7.28. The van der Waals surface area contributed by atoms with E-state index in [0.29, 0.717) is 37.6 Å². The fraction of sp³-hybridized carbons (Fsp3) is 0.533. The Morgan fingerprint density at radius 1 is 1.19 bits per heavy atom. The van der Waals surface area contributed by atoms with E-state index in [4.69, 9.17) is 4.74 Å². The van der Waals surface area contributed by atoms with E-state index in [-0.39, 0.29) is 17.7 Å². The Bertz CT molecular complexity index is 549. The molecule has 0 aromatic carbocycles. The Kier molecular flexibility index (Phi) is 3.77. The third-order valence-corrected chi connectivity index (χ3v) is 4.00. The monoisotopic (exact) mass is 289 g/mol. The summed E-state index contributed by atoms with van der Waals surface area (Å²) in [5, 5.41) is 0. The van der Waals surface area contributed by atoms with Gasteiger partial charge in [0, 0.05) is 38.3 Å². The lowest BCUT2D eigenvalue weighted by Gasteiger charge is -2.35. The number of hydrogen-bond acceptors (Lipinski definition) is 4. The largest absolute Gasteiger partial charge is 0.480 e. The number of carbonyl (C=O) groups excluding carboxylic acids is 2. The summed E-state index contributed by atoms with van der Waals surface area (Å²) < 4.78 is 5.13. The summed E-state index contributed by atoms with van der Waals surface area (Å²) in [6, 6.07) is 3.44. The van der Waals surface area contributed by atoms with Gasteiger partial charge in [-0.2, -0.15) is 0 Å². The highest BCUT2D eigenvalue weighted by Gasteiger charge is 2.35. The summed E-state index contributed by atoms with van der Waals surface area (Å²) in [6.07, 6.45) is 3.64. The van der Waals surface area contributed by atoms with Gasteiger partial charge in [-0.1, -0.05) is 0 Å². The van der Waals surface area contributed by atoms with Crippen LogP contribution in [0.3, 0.4) is 0 Å². The van der Waals surface area contributed by atoms with Crippen LogP contribution in [0.5, 0.6) is 5.88 Å². The van der Waals surface area contributed by atoms with Crippen molar-refractivity contribution in [1.29, 1.82) is 0 Å². The highest BCUT2D eigenvalue weighted by Crippen LogP contribution is 2.31. The van der Waals surface area contributed by atoms with Crippen molar-refractivity contribution in [3.63, 3.8) is 0 Å². The molecule has 1 saturated heterocycles. The number of hydrogen-bond donors (Lipinski definition) is 0. The van der Waals surface area contributed by atoms with E-state index < -0.39 is 0 Å². The van der Waals surface area contributed by atoms with Gasteiger partial charge in [0.15, 0.2) is 0 Å². The maximum absolute atomic E-state index is 12.5. The summed E-state index contributed by atoms with van der Waals surface area (Å²) in [5.74, 6) is 0.754. The number of ether oxygens (including phenoxy) is 1. The molecule has 2 amide bonds. The minimum absolute atomic E-state index is 0.0847. The molecule has 112 valence electrons. The number of nitrogens with zero attached hydrogens (tertiary/aromatic N) is 3. The number of amides is 2. The van der Waals surface area contributed by atoms with E-state index in [1.807, 2.05) is 4.90 Å². The van der Waals surface area contributed by atoms with Crippen LogP contribution in [0.1, 0.15) is 23.2 Å². The number of rotatable bonds is 3. The summed E-state index contributed by atoms with van der Waals surface area (Å²) in [7, 11) is 1.51. The summed E-state index contributed by atoms with van der Waals surface area (Å²) in [6.45, 7) is 2.36. The molecule has 2 fully saturated rings. The summed E-state index contributed by atoms with van der Waals surface area (Å²) in [4.78, 5) is 32.2. The molecule has 6 nitrogen and oxygen atoms in total. The lowest BCUT2D eigenvalue weighted by Crippen LogP contribution is -2.51. The van der Waals surface area contributed by atoms with Crippen LogP contribution in [0.2, 0.25) is 0 Å². The Morgan fingerprint density at radius 3 is 2.48 bits per heavy atom. The topological polar surface area (TPSA) is 62.7 Å². The zero-order chi connectivity index (χ0) is 14.8. The van der Waals surface area contributed by atoms with Gasteiger partial charge < -0.3 is 14.5 Å². The second kappa shape index (κ2) is 5.71. The standard InChI is InChI=1S/C15H19N3O3/c1-21-13-12(3-2-6-16-13)15(20)18-9-7-17(8-10-18)14(19)11-4-5-11/h2-3,6,11H,4-5,7-10H2,1H3. The first kappa shape index (κ1) is 13.9. The van der Waals surface area contributed by atoms with Gasteiger partial charge in [-0.05, 0) is 25.0 Å². The van der Waals surface area contributed by atoms with E-state index in [2.05, 4.69) is 4.98 Å². The maximum Gasteiger partial charge on any atom is 0.259 e. The van der Waals surface area contributed by atoms with E-state index in [9.17, 15) is 9.59 Å². The van der Waals surface area contributed by atoms with Crippen molar-refractivity contribution in [2.24, 2.45) is 5.92 Å². The number of carbonyl (C=O) groups is 2. The van der Waals surface area contributed by atoms with Crippen molar-refractivity contribution in [3.05, 3.63) is 23.9 Å². The highest BCUT2D eigenvalue weighted by molar-refractivity contribution is 5.96. The molecule has 3 rings (SSSR count). The zero-order valence-electron chi connectivity index (χ0n) is 12.1. The molecular formula is C15H19N3O3. The smallest absolute Gasteiger partial charge is 0.259 e. The predicted molar refractivity (Wildman–Crippen MR) is 76.0 cm³/mol. The SMILES string of the molecule is COc1ncccc1C(=O)N1CCN(C(=O)C2CC2)CC1. The minimum Gasteiger partial charge on any atom is -0.480 e. The van der Waals surface area contributed by atoms with Gasteiger partial charge in [-0.25, -0.2) is 4.98 Å². The number of piperazine rings is 1. The molecule has 0 unspecified atom stereocenters. The number of pyridine rings is 1. The number of methoxy groups -OCH3 is 1. The molecule has 0 radical (unpaired) electrons. The van der Waals surface area contributed by atoms with Crippen molar-refractivity contribution in [1.82, 2.24) is 14.8 Å². The summed E-state index contributed by atoms with van der Waals surface area (Å²) in [5.41, 5.74) is 0.474. The van der Waals surface area contributed by atoms with Crippen molar-refractivity contribution >= 4 is 11.8 Å². The molecule has 1 saturated carbocycles. The average molecular weight is 289 g/mol. The Morgan fingerprint density at radius 2 is 1.86 bits per heavy atom. The highest BCUT2D eigenvalue weighted by atomic mass is 16.5. The molecule has 2 aliphatic rings. The molecule has 6 heteroatoms.